The smallest absolute Gasteiger partial charge is 0.270 e. The summed E-state index contributed by atoms with van der Waals surface area (Å²) < 4.78 is 4.50. The van der Waals surface area contributed by atoms with Gasteiger partial charge in [-0.3, -0.25) is 0 Å². The molecule has 0 unspecified atom stereocenters. The molecule has 6 aromatic carbocycles. The molecule has 7 heteroatoms. The van der Waals surface area contributed by atoms with Gasteiger partial charge in [-0.15, -0.1) is 0 Å². The lowest BCUT2D eigenvalue weighted by Gasteiger charge is -2.29. The molecule has 0 radical (unpaired) electrons. The summed E-state index contributed by atoms with van der Waals surface area (Å²) in [6, 6.07) is 55.1. The van der Waals surface area contributed by atoms with Gasteiger partial charge in [0.15, 0.2) is 0 Å². The van der Waals surface area contributed by atoms with E-state index < -0.39 is 8.07 Å². The summed E-state index contributed by atoms with van der Waals surface area (Å²) in [5.41, 5.74) is 7.75. The third-order valence-electron chi connectivity index (χ3n) is 10.0. The van der Waals surface area contributed by atoms with Crippen molar-refractivity contribution in [3.63, 3.8) is 0 Å². The predicted molar refractivity (Wildman–Crippen MR) is 210 cm³/mol. The first-order valence-electron chi connectivity index (χ1n) is 17.1. The molecule has 4 heterocycles. The van der Waals surface area contributed by atoms with Crippen LogP contribution in [0.15, 0.2) is 183 Å². The molecule has 4 aromatic heterocycles. The Balaban J connectivity index is 1.19. The van der Waals surface area contributed by atoms with Gasteiger partial charge in [0.1, 0.15) is 10.9 Å². The van der Waals surface area contributed by atoms with E-state index in [1.165, 1.54) is 21.5 Å². The van der Waals surface area contributed by atoms with Crippen LogP contribution in [0.2, 0.25) is 0 Å². The molecule has 0 N–H and O–H groups in total. The number of hydrogen-bond acceptors (Lipinski definition) is 4. The first kappa shape index (κ1) is 29.2. The van der Waals surface area contributed by atoms with Crippen LogP contribution in [0, 0.1) is 0 Å². The highest BCUT2D eigenvalue weighted by molar-refractivity contribution is 7.18. The van der Waals surface area contributed by atoms with E-state index in [0.29, 0.717) is 0 Å². The summed E-state index contributed by atoms with van der Waals surface area (Å²) in [5.74, 6) is 0. The van der Waals surface area contributed by atoms with Crippen LogP contribution >= 0.6 is 0 Å². The van der Waals surface area contributed by atoms with Crippen molar-refractivity contribution < 1.29 is 0 Å². The second-order valence-corrected chi connectivity index (χ2v) is 16.3. The molecular weight excluding hydrogens is 641 g/mol. The molecule has 10 rings (SSSR count). The Morgan fingerprint density at radius 3 is 0.902 bits per heavy atom. The minimum absolute atomic E-state index is 0.731. The van der Waals surface area contributed by atoms with Gasteiger partial charge in [0.05, 0.1) is 58.2 Å². The van der Waals surface area contributed by atoms with Crippen LogP contribution in [0.25, 0.3) is 55.0 Å². The molecule has 0 fully saturated rings. The fraction of sp³-hybridized carbons (Fsp3) is 0. The summed E-state index contributed by atoms with van der Waals surface area (Å²) in [6.07, 6.45) is 7.84. The first-order valence-corrected chi connectivity index (χ1v) is 19.1. The van der Waals surface area contributed by atoms with Crippen molar-refractivity contribution in [1.82, 2.24) is 29.1 Å². The highest BCUT2D eigenvalue weighted by atomic mass is 28.3. The molecule has 0 saturated heterocycles. The van der Waals surface area contributed by atoms with E-state index in [-0.39, 0.29) is 0 Å². The monoisotopic (exact) mass is 670 g/mol. The van der Waals surface area contributed by atoms with Crippen LogP contribution in [0.3, 0.4) is 0 Å². The molecule has 240 valence electrons. The van der Waals surface area contributed by atoms with Crippen LogP contribution in [0.4, 0.5) is 0 Å². The van der Waals surface area contributed by atoms with Gasteiger partial charge in [-0.05, 0) is 34.6 Å². The number of rotatable bonds is 6. The zero-order valence-electron chi connectivity index (χ0n) is 27.5. The van der Waals surface area contributed by atoms with Crippen molar-refractivity contribution in [3.05, 3.63) is 183 Å². The number of fused-ring (bicyclic) bond motifs is 6. The number of nitrogens with zero attached hydrogens (tertiary/aromatic N) is 6. The van der Waals surface area contributed by atoms with Crippen LogP contribution in [-0.4, -0.2) is 37.1 Å². The van der Waals surface area contributed by atoms with Gasteiger partial charge < -0.3 is 9.13 Å². The number of aromatic nitrogens is 6. The Labute approximate surface area is 295 Å². The van der Waals surface area contributed by atoms with E-state index in [0.717, 1.165) is 54.7 Å². The van der Waals surface area contributed by atoms with E-state index in [1.54, 1.807) is 0 Å². The summed E-state index contributed by atoms with van der Waals surface area (Å²) in [7, 11) is -3.19. The van der Waals surface area contributed by atoms with E-state index in [1.807, 2.05) is 36.9 Å². The van der Waals surface area contributed by atoms with Crippen LogP contribution in [0.5, 0.6) is 0 Å². The summed E-state index contributed by atoms with van der Waals surface area (Å²) >= 11 is 0. The lowest BCUT2D eigenvalue weighted by molar-refractivity contribution is 1.09. The maximum absolute atomic E-state index is 5.25. The van der Waals surface area contributed by atoms with E-state index in [2.05, 4.69) is 155 Å². The Morgan fingerprint density at radius 2 is 0.588 bits per heavy atom. The predicted octanol–water partition coefficient (Wildman–Crippen LogP) is 6.84. The molecule has 0 bridgehead atoms. The second kappa shape index (κ2) is 11.7. The molecule has 0 atom stereocenters. The first-order chi connectivity index (χ1) is 25.3. The van der Waals surface area contributed by atoms with E-state index in [9.17, 15) is 0 Å². The van der Waals surface area contributed by atoms with Crippen molar-refractivity contribution in [2.45, 2.75) is 0 Å². The zero-order valence-corrected chi connectivity index (χ0v) is 28.5. The van der Waals surface area contributed by atoms with Gasteiger partial charge >= 0.3 is 0 Å². The highest BCUT2D eigenvalue weighted by Gasteiger charge is 2.47. The molecule has 0 aliphatic heterocycles. The minimum Gasteiger partial charge on any atom is -0.306 e. The van der Waals surface area contributed by atoms with Crippen molar-refractivity contribution in [1.29, 1.82) is 0 Å². The van der Waals surface area contributed by atoms with E-state index >= 15 is 0 Å². The molecule has 0 spiro atoms. The standard InChI is InChI=1S/C44H30N6Si/c1-3-15-33(16-4-1)51(34-17-5-2-6-18-34,43-45-27-31(28-46-43)49-39-23-11-7-19-35(39)36-20-8-12-24-40(36)49)44-47-29-32(30-48-44)50-41-25-13-9-21-37(41)38-22-10-14-26-42(38)50/h1-30H. The van der Waals surface area contributed by atoms with Gasteiger partial charge in [0.2, 0.25) is 0 Å². The third kappa shape index (κ3) is 4.42. The fourth-order valence-electron chi connectivity index (χ4n) is 7.82. The third-order valence-corrected chi connectivity index (χ3v) is 14.3. The highest BCUT2D eigenvalue weighted by Crippen LogP contribution is 2.32. The largest absolute Gasteiger partial charge is 0.306 e. The molecule has 0 amide bonds. The maximum Gasteiger partial charge on any atom is 0.270 e. The Morgan fingerprint density at radius 1 is 0.314 bits per heavy atom. The normalized spacial score (nSPS) is 11.9. The summed E-state index contributed by atoms with van der Waals surface area (Å²) in [4.78, 5) is 21.0. The Bertz CT molecular complexity index is 2540. The van der Waals surface area contributed by atoms with Crippen molar-refractivity contribution in [2.75, 3.05) is 0 Å². The molecule has 0 aliphatic carbocycles. The SMILES string of the molecule is c1ccc([Si](c2ccccc2)(c2ncc(-n3c4ccccc4c4ccccc43)cn2)c2ncc(-n3c4ccccc4c4ccccc43)cn2)cc1. The average molecular weight is 671 g/mol. The van der Waals surface area contributed by atoms with E-state index in [4.69, 9.17) is 19.9 Å². The van der Waals surface area contributed by atoms with Gasteiger partial charge in [-0.2, -0.15) is 0 Å². The van der Waals surface area contributed by atoms with Gasteiger partial charge in [-0.25, -0.2) is 19.9 Å². The lowest BCUT2D eigenvalue weighted by Crippen LogP contribution is -2.77. The van der Waals surface area contributed by atoms with Crippen LogP contribution in [0.1, 0.15) is 0 Å². The second-order valence-electron chi connectivity index (χ2n) is 12.8. The molecule has 6 nitrogen and oxygen atoms in total. The average Bonchev–Trinajstić information content (AvgIpc) is 3.73. The van der Waals surface area contributed by atoms with Crippen LogP contribution in [-0.2, 0) is 0 Å². The number of hydrogen-bond donors (Lipinski definition) is 0. The maximum atomic E-state index is 5.25. The van der Waals surface area contributed by atoms with Gasteiger partial charge in [0.25, 0.3) is 8.07 Å². The van der Waals surface area contributed by atoms with Crippen LogP contribution < -0.4 is 21.3 Å². The Hall–Kier alpha value is -6.70. The summed E-state index contributed by atoms with van der Waals surface area (Å²) in [5, 5.41) is 7.03. The molecule has 0 aliphatic rings. The number of para-hydroxylation sites is 4. The fourth-order valence-corrected chi connectivity index (χ4v) is 11.8. The molecule has 0 saturated carbocycles. The van der Waals surface area contributed by atoms with Gasteiger partial charge in [0, 0.05) is 21.5 Å². The molecular formula is C44H30N6Si. The summed E-state index contributed by atoms with van der Waals surface area (Å²) in [6.45, 7) is 0. The lowest BCUT2D eigenvalue weighted by atomic mass is 10.2. The van der Waals surface area contributed by atoms with Crippen molar-refractivity contribution in [2.24, 2.45) is 0 Å². The number of benzene rings is 6. The quantitative estimate of drug-likeness (QED) is 0.182. The molecule has 10 aromatic rings. The van der Waals surface area contributed by atoms with Crippen molar-refractivity contribution >= 4 is 73.0 Å². The minimum atomic E-state index is -3.19. The molecule has 51 heavy (non-hydrogen) atoms. The van der Waals surface area contributed by atoms with Crippen molar-refractivity contribution in [3.8, 4) is 11.4 Å². The zero-order chi connectivity index (χ0) is 33.8. The Kier molecular flexibility index (Phi) is 6.72. The van der Waals surface area contributed by atoms with Gasteiger partial charge in [-0.1, -0.05) is 133 Å². The topological polar surface area (TPSA) is 61.4 Å².